The first kappa shape index (κ1) is 11.2. The molecule has 0 unspecified atom stereocenters. The van der Waals surface area contributed by atoms with Gasteiger partial charge < -0.3 is 4.40 Å². The third-order valence-corrected chi connectivity index (χ3v) is 3.16. The fraction of sp³-hybridized carbons (Fsp3) is 0.273. The number of hydrogen-bond acceptors (Lipinski definition) is 2. The smallest absolute Gasteiger partial charge is 0.302 e. The van der Waals surface area contributed by atoms with Crippen LogP contribution in [-0.4, -0.2) is 28.7 Å². The van der Waals surface area contributed by atoms with Gasteiger partial charge in [0.1, 0.15) is 0 Å². The predicted octanol–water partition coefficient (Wildman–Crippen LogP) is 2.26. The highest BCUT2D eigenvalue weighted by atomic mass is 32.1. The zero-order chi connectivity index (χ0) is 11.9. The SMILES string of the molecule is Cc1cn2cccc([N+](C)(C)C(=O)S)c2n1. The number of aromatic nitrogens is 2. The van der Waals surface area contributed by atoms with E-state index in [2.05, 4.69) is 17.6 Å². The van der Waals surface area contributed by atoms with Gasteiger partial charge >= 0.3 is 5.24 Å². The molecule has 2 aromatic rings. The summed E-state index contributed by atoms with van der Waals surface area (Å²) in [6.45, 7) is 1.93. The van der Waals surface area contributed by atoms with Gasteiger partial charge in [-0.15, -0.1) is 0 Å². The van der Waals surface area contributed by atoms with Gasteiger partial charge in [-0.1, -0.05) is 0 Å². The monoisotopic (exact) mass is 236 g/mol. The fourth-order valence-corrected chi connectivity index (χ4v) is 1.77. The van der Waals surface area contributed by atoms with Crippen molar-refractivity contribution in [3.8, 4) is 0 Å². The van der Waals surface area contributed by atoms with Crippen LogP contribution in [0.3, 0.4) is 0 Å². The highest BCUT2D eigenvalue weighted by molar-refractivity contribution is 7.96. The summed E-state index contributed by atoms with van der Waals surface area (Å²) in [6, 6.07) is 3.80. The molecule has 0 atom stereocenters. The first-order valence-electron chi connectivity index (χ1n) is 4.95. The van der Waals surface area contributed by atoms with Gasteiger partial charge in [0.2, 0.25) is 0 Å². The number of carbonyl (C=O) groups is 1. The lowest BCUT2D eigenvalue weighted by Crippen LogP contribution is -2.43. The van der Waals surface area contributed by atoms with Crippen LogP contribution in [-0.2, 0) is 0 Å². The molecule has 4 nitrogen and oxygen atoms in total. The number of carbonyl (C=O) groups excluding carboxylic acids is 1. The highest BCUT2D eigenvalue weighted by Gasteiger charge is 2.29. The molecular formula is C11H14N3OS+. The van der Waals surface area contributed by atoms with E-state index in [0.717, 1.165) is 17.0 Å². The maximum Gasteiger partial charge on any atom is 0.376 e. The van der Waals surface area contributed by atoms with Crippen LogP contribution in [0.5, 0.6) is 0 Å². The van der Waals surface area contributed by atoms with E-state index >= 15 is 0 Å². The zero-order valence-electron chi connectivity index (χ0n) is 9.51. The average molecular weight is 236 g/mol. The summed E-state index contributed by atoms with van der Waals surface area (Å²) in [5.41, 5.74) is 2.57. The molecule has 0 N–H and O–H groups in total. The van der Waals surface area contributed by atoms with Crippen LogP contribution in [0.1, 0.15) is 5.69 Å². The Labute approximate surface area is 99.5 Å². The Morgan fingerprint density at radius 3 is 2.81 bits per heavy atom. The second-order valence-corrected chi connectivity index (χ2v) is 4.63. The first-order valence-corrected chi connectivity index (χ1v) is 5.40. The summed E-state index contributed by atoms with van der Waals surface area (Å²) in [7, 11) is 3.60. The highest BCUT2D eigenvalue weighted by Crippen LogP contribution is 2.26. The number of hydrogen-bond donors (Lipinski definition) is 1. The molecule has 0 aliphatic rings. The van der Waals surface area contributed by atoms with Gasteiger partial charge in [-0.3, -0.25) is 0 Å². The van der Waals surface area contributed by atoms with Gasteiger partial charge in [0.25, 0.3) is 0 Å². The second-order valence-electron chi connectivity index (χ2n) is 4.24. The van der Waals surface area contributed by atoms with Crippen molar-refractivity contribution in [3.05, 3.63) is 30.2 Å². The van der Waals surface area contributed by atoms with Crippen LogP contribution >= 0.6 is 12.6 Å². The van der Waals surface area contributed by atoms with E-state index in [0.29, 0.717) is 0 Å². The maximum atomic E-state index is 11.5. The van der Waals surface area contributed by atoms with Gasteiger partial charge in [-0.2, -0.15) is 0 Å². The molecule has 0 aromatic carbocycles. The van der Waals surface area contributed by atoms with E-state index < -0.39 is 0 Å². The number of aryl methyl sites for hydroxylation is 1. The van der Waals surface area contributed by atoms with Crippen molar-refractivity contribution in [1.82, 2.24) is 13.9 Å². The number of nitrogens with zero attached hydrogens (tertiary/aromatic N) is 3. The zero-order valence-corrected chi connectivity index (χ0v) is 10.4. The molecule has 0 fully saturated rings. The summed E-state index contributed by atoms with van der Waals surface area (Å²) in [5, 5.41) is -0.214. The lowest BCUT2D eigenvalue weighted by atomic mass is 10.3. The van der Waals surface area contributed by atoms with Crippen LogP contribution < -0.4 is 4.48 Å². The number of fused-ring (bicyclic) bond motifs is 1. The topological polar surface area (TPSA) is 34.4 Å². The molecule has 84 valence electrons. The van der Waals surface area contributed by atoms with Crippen molar-refractivity contribution in [2.24, 2.45) is 0 Å². The Hall–Kier alpha value is -1.33. The minimum atomic E-state index is -0.214. The Balaban J connectivity index is 2.73. The third kappa shape index (κ3) is 1.62. The van der Waals surface area contributed by atoms with Crippen LogP contribution in [0.15, 0.2) is 24.5 Å². The summed E-state index contributed by atoms with van der Waals surface area (Å²) in [5.74, 6) is 0. The Bertz CT molecular complexity index is 559. The van der Waals surface area contributed by atoms with Crippen LogP contribution in [0.4, 0.5) is 10.5 Å². The number of pyridine rings is 1. The lowest BCUT2D eigenvalue weighted by Gasteiger charge is -2.23. The van der Waals surface area contributed by atoms with Crippen LogP contribution in [0, 0.1) is 6.92 Å². The van der Waals surface area contributed by atoms with E-state index in [1.807, 2.05) is 35.9 Å². The van der Waals surface area contributed by atoms with E-state index in [-0.39, 0.29) is 9.72 Å². The Morgan fingerprint density at radius 2 is 2.19 bits per heavy atom. The van der Waals surface area contributed by atoms with Gasteiger partial charge in [-0.05, 0) is 25.6 Å². The largest absolute Gasteiger partial charge is 0.376 e. The number of quaternary nitrogens is 1. The van der Waals surface area contributed by atoms with E-state index in [4.69, 9.17) is 0 Å². The Kier molecular flexibility index (Phi) is 2.52. The summed E-state index contributed by atoms with van der Waals surface area (Å²) >= 11 is 3.92. The van der Waals surface area contributed by atoms with E-state index in [1.54, 1.807) is 14.1 Å². The number of rotatable bonds is 1. The molecule has 2 heterocycles. The molecule has 0 bridgehead atoms. The van der Waals surface area contributed by atoms with Crippen LogP contribution in [0.25, 0.3) is 5.65 Å². The van der Waals surface area contributed by atoms with E-state index in [1.165, 1.54) is 0 Å². The normalized spacial score (nSPS) is 12.0. The number of amides is 1. The molecule has 0 radical (unpaired) electrons. The average Bonchev–Trinajstić information content (AvgIpc) is 2.56. The molecule has 16 heavy (non-hydrogen) atoms. The molecule has 0 saturated heterocycles. The molecule has 1 amide bonds. The lowest BCUT2D eigenvalue weighted by molar-refractivity contribution is 0.241. The quantitative estimate of drug-likeness (QED) is 0.609. The molecule has 2 rings (SSSR count). The summed E-state index contributed by atoms with van der Waals surface area (Å²) in [6.07, 6.45) is 3.85. The van der Waals surface area contributed by atoms with Crippen molar-refractivity contribution in [3.63, 3.8) is 0 Å². The molecular weight excluding hydrogens is 222 g/mol. The third-order valence-electron chi connectivity index (χ3n) is 2.66. The predicted molar refractivity (Wildman–Crippen MR) is 68.0 cm³/mol. The number of imidazole rings is 1. The van der Waals surface area contributed by atoms with Gasteiger partial charge in [0.15, 0.2) is 11.3 Å². The van der Waals surface area contributed by atoms with E-state index in [9.17, 15) is 4.79 Å². The molecule has 5 heteroatoms. The van der Waals surface area contributed by atoms with Gasteiger partial charge in [0, 0.05) is 18.5 Å². The van der Waals surface area contributed by atoms with Crippen molar-refractivity contribution < 1.29 is 4.79 Å². The molecule has 0 saturated carbocycles. The van der Waals surface area contributed by atoms with Gasteiger partial charge in [0.05, 0.1) is 19.8 Å². The molecule has 0 aliphatic carbocycles. The maximum absolute atomic E-state index is 11.5. The van der Waals surface area contributed by atoms with Crippen molar-refractivity contribution in [2.45, 2.75) is 6.92 Å². The van der Waals surface area contributed by atoms with Crippen molar-refractivity contribution in [2.75, 3.05) is 14.1 Å². The molecule has 0 spiro atoms. The fourth-order valence-electron chi connectivity index (χ4n) is 1.66. The summed E-state index contributed by atoms with van der Waals surface area (Å²) < 4.78 is 1.99. The second kappa shape index (κ2) is 3.61. The minimum Gasteiger partial charge on any atom is -0.302 e. The van der Waals surface area contributed by atoms with Gasteiger partial charge in [-0.25, -0.2) is 14.3 Å². The number of thiol groups is 1. The molecule has 2 aromatic heterocycles. The standard InChI is InChI=1S/C11H13N3OS/c1-8-7-13-6-4-5-9(10(13)12-8)14(2,3)11(15)16/h4-7H,1-3H3/p+1. The molecule has 0 aliphatic heterocycles. The Morgan fingerprint density at radius 1 is 1.50 bits per heavy atom. The minimum absolute atomic E-state index is 0.0733. The first-order chi connectivity index (χ1) is 7.43. The van der Waals surface area contributed by atoms with Crippen molar-refractivity contribution in [1.29, 1.82) is 0 Å². The summed E-state index contributed by atoms with van der Waals surface area (Å²) in [4.78, 5) is 15.9. The van der Waals surface area contributed by atoms with Crippen molar-refractivity contribution >= 4 is 29.2 Å². The van der Waals surface area contributed by atoms with Crippen LogP contribution in [0.2, 0.25) is 0 Å².